The number of rotatable bonds is 5. The van der Waals surface area contributed by atoms with Crippen LogP contribution in [-0.2, 0) is 4.74 Å². The Hall–Kier alpha value is -1.83. The molecule has 0 spiro atoms. The average Bonchev–Trinajstić information content (AvgIpc) is 2.29. The minimum atomic E-state index is -0.277. The van der Waals surface area contributed by atoms with Gasteiger partial charge in [0.25, 0.3) is 0 Å². The zero-order valence-electron chi connectivity index (χ0n) is 9.48. The summed E-state index contributed by atoms with van der Waals surface area (Å²) in [6, 6.07) is 7.39. The van der Waals surface area contributed by atoms with Gasteiger partial charge in [0.2, 0.25) is 0 Å². The second kappa shape index (κ2) is 6.62. The normalized spacial score (nSPS) is 10.3. The maximum Gasteiger partial charge on any atom is 0.338 e. The topological polar surface area (TPSA) is 26.3 Å². The van der Waals surface area contributed by atoms with Crippen molar-refractivity contribution >= 4 is 5.97 Å². The smallest absolute Gasteiger partial charge is 0.338 e. The molecule has 0 heterocycles. The van der Waals surface area contributed by atoms with Crippen LogP contribution < -0.4 is 0 Å². The summed E-state index contributed by atoms with van der Waals surface area (Å²) in [5.74, 6) is -0.277. The van der Waals surface area contributed by atoms with Crippen LogP contribution in [0.15, 0.2) is 49.1 Å². The average molecular weight is 216 g/mol. The lowest BCUT2D eigenvalue weighted by atomic mass is 10.1. The van der Waals surface area contributed by atoms with Crippen molar-refractivity contribution in [2.75, 3.05) is 6.61 Å². The molecule has 0 fully saturated rings. The molecule has 1 rings (SSSR count). The van der Waals surface area contributed by atoms with E-state index in [1.165, 1.54) is 0 Å². The van der Waals surface area contributed by atoms with Crippen LogP contribution in [0, 0.1) is 6.92 Å². The second-order valence-electron chi connectivity index (χ2n) is 3.41. The summed E-state index contributed by atoms with van der Waals surface area (Å²) in [5.41, 5.74) is 1.56. The molecule has 0 aliphatic heterocycles. The van der Waals surface area contributed by atoms with Gasteiger partial charge < -0.3 is 4.74 Å². The van der Waals surface area contributed by atoms with E-state index in [2.05, 4.69) is 6.58 Å². The van der Waals surface area contributed by atoms with E-state index >= 15 is 0 Å². The second-order valence-corrected chi connectivity index (χ2v) is 3.41. The molecule has 1 aromatic carbocycles. The van der Waals surface area contributed by atoms with Crippen molar-refractivity contribution in [2.24, 2.45) is 0 Å². The van der Waals surface area contributed by atoms with Crippen LogP contribution in [0.25, 0.3) is 0 Å². The summed E-state index contributed by atoms with van der Waals surface area (Å²) in [7, 11) is 0. The van der Waals surface area contributed by atoms with Crippen LogP contribution in [0.2, 0.25) is 0 Å². The Bertz CT molecular complexity index is 391. The van der Waals surface area contributed by atoms with Gasteiger partial charge in [-0.15, -0.1) is 6.58 Å². The lowest BCUT2D eigenvalue weighted by Crippen LogP contribution is -2.06. The fourth-order valence-corrected chi connectivity index (χ4v) is 1.26. The number of hydrogen-bond donors (Lipinski definition) is 0. The third-order valence-electron chi connectivity index (χ3n) is 2.15. The van der Waals surface area contributed by atoms with Crippen LogP contribution >= 0.6 is 0 Å². The summed E-state index contributed by atoms with van der Waals surface area (Å²) >= 11 is 0. The summed E-state index contributed by atoms with van der Waals surface area (Å²) < 4.78 is 5.10. The molecule has 0 aliphatic carbocycles. The molecule has 0 bridgehead atoms. The van der Waals surface area contributed by atoms with Gasteiger partial charge in [-0.2, -0.15) is 0 Å². The van der Waals surface area contributed by atoms with Crippen LogP contribution in [-0.4, -0.2) is 12.6 Å². The van der Waals surface area contributed by atoms with Gasteiger partial charge in [0.05, 0.1) is 5.56 Å². The van der Waals surface area contributed by atoms with Gasteiger partial charge in [-0.05, 0) is 25.0 Å². The first kappa shape index (κ1) is 12.2. The van der Waals surface area contributed by atoms with E-state index in [9.17, 15) is 4.79 Å². The number of esters is 1. The van der Waals surface area contributed by atoms with Gasteiger partial charge in [-0.1, -0.05) is 36.4 Å². The van der Waals surface area contributed by atoms with E-state index in [0.717, 1.165) is 12.0 Å². The number of ether oxygens (including phenoxy) is 1. The molecule has 0 saturated carbocycles. The third kappa shape index (κ3) is 3.73. The lowest BCUT2D eigenvalue weighted by molar-refractivity contribution is 0.0548. The Morgan fingerprint density at radius 2 is 2.12 bits per heavy atom. The van der Waals surface area contributed by atoms with Crippen molar-refractivity contribution in [1.29, 1.82) is 0 Å². The van der Waals surface area contributed by atoms with Crippen molar-refractivity contribution < 1.29 is 9.53 Å². The van der Waals surface area contributed by atoms with Crippen LogP contribution in [0.5, 0.6) is 0 Å². The number of carbonyl (C=O) groups excluding carboxylic acids is 1. The van der Waals surface area contributed by atoms with E-state index < -0.39 is 0 Å². The summed E-state index contributed by atoms with van der Waals surface area (Å²) in [5, 5.41) is 0. The van der Waals surface area contributed by atoms with E-state index in [0.29, 0.717) is 12.2 Å². The summed E-state index contributed by atoms with van der Waals surface area (Å²) in [4.78, 5) is 11.6. The molecule has 2 nitrogen and oxygen atoms in total. The molecular weight excluding hydrogens is 200 g/mol. The van der Waals surface area contributed by atoms with Gasteiger partial charge in [-0.3, -0.25) is 0 Å². The molecule has 0 radical (unpaired) electrons. The number of aryl methyl sites for hydroxylation is 1. The van der Waals surface area contributed by atoms with Gasteiger partial charge in [0, 0.05) is 0 Å². The predicted molar refractivity (Wildman–Crippen MR) is 65.4 cm³/mol. The van der Waals surface area contributed by atoms with Gasteiger partial charge >= 0.3 is 5.97 Å². The quantitative estimate of drug-likeness (QED) is 0.557. The fraction of sp³-hybridized carbons (Fsp3) is 0.214. The maximum absolute atomic E-state index is 11.6. The maximum atomic E-state index is 11.6. The highest BCUT2D eigenvalue weighted by Gasteiger charge is 2.07. The highest BCUT2D eigenvalue weighted by molar-refractivity contribution is 5.90. The fourth-order valence-electron chi connectivity index (χ4n) is 1.26. The zero-order valence-corrected chi connectivity index (χ0v) is 9.48. The molecule has 2 heteroatoms. The Morgan fingerprint density at radius 3 is 2.81 bits per heavy atom. The number of carbonyl (C=O) groups is 1. The Morgan fingerprint density at radius 1 is 1.38 bits per heavy atom. The Balaban J connectivity index is 2.47. The predicted octanol–water partition coefficient (Wildman–Crippen LogP) is 3.28. The van der Waals surface area contributed by atoms with Gasteiger partial charge in [0.15, 0.2) is 0 Å². The monoisotopic (exact) mass is 216 g/mol. The number of hydrogen-bond acceptors (Lipinski definition) is 2. The van der Waals surface area contributed by atoms with Crippen LogP contribution in [0.4, 0.5) is 0 Å². The van der Waals surface area contributed by atoms with E-state index in [4.69, 9.17) is 4.74 Å². The summed E-state index contributed by atoms with van der Waals surface area (Å²) in [6.45, 7) is 5.79. The Kier molecular flexibility index (Phi) is 5.06. The van der Waals surface area contributed by atoms with E-state index in [1.807, 2.05) is 37.3 Å². The molecule has 84 valence electrons. The van der Waals surface area contributed by atoms with E-state index in [1.54, 1.807) is 12.1 Å². The molecule has 0 atom stereocenters. The zero-order chi connectivity index (χ0) is 11.8. The first-order valence-corrected chi connectivity index (χ1v) is 5.24. The standard InChI is InChI=1S/C14H16O2/c1-3-4-5-8-11-16-14(15)13-10-7-6-9-12(13)2/h3,5-10H,1,4,11H2,2H3. The summed E-state index contributed by atoms with van der Waals surface area (Å²) in [6.07, 6.45) is 6.32. The van der Waals surface area contributed by atoms with Crippen molar-refractivity contribution in [3.63, 3.8) is 0 Å². The van der Waals surface area contributed by atoms with Crippen LogP contribution in [0.1, 0.15) is 22.3 Å². The largest absolute Gasteiger partial charge is 0.458 e. The SMILES string of the molecule is C=CCC=CCOC(=O)c1ccccc1C. The lowest BCUT2D eigenvalue weighted by Gasteiger charge is -2.04. The van der Waals surface area contributed by atoms with Crippen molar-refractivity contribution in [3.05, 3.63) is 60.2 Å². The molecule has 0 saturated heterocycles. The first-order chi connectivity index (χ1) is 7.75. The molecule has 16 heavy (non-hydrogen) atoms. The molecule has 0 aliphatic rings. The molecule has 0 N–H and O–H groups in total. The van der Waals surface area contributed by atoms with Gasteiger partial charge in [-0.25, -0.2) is 4.79 Å². The molecule has 0 amide bonds. The highest BCUT2D eigenvalue weighted by Crippen LogP contribution is 2.08. The van der Waals surface area contributed by atoms with E-state index in [-0.39, 0.29) is 5.97 Å². The molecule has 1 aromatic rings. The van der Waals surface area contributed by atoms with Crippen LogP contribution in [0.3, 0.4) is 0 Å². The molecule has 0 unspecified atom stereocenters. The number of benzene rings is 1. The minimum Gasteiger partial charge on any atom is -0.458 e. The first-order valence-electron chi connectivity index (χ1n) is 5.24. The highest BCUT2D eigenvalue weighted by atomic mass is 16.5. The Labute approximate surface area is 96.2 Å². The van der Waals surface area contributed by atoms with Gasteiger partial charge in [0.1, 0.15) is 6.61 Å². The molecule has 0 aromatic heterocycles. The third-order valence-corrected chi connectivity index (χ3v) is 2.15. The number of allylic oxidation sites excluding steroid dienone is 2. The van der Waals surface area contributed by atoms with Crippen molar-refractivity contribution in [1.82, 2.24) is 0 Å². The van der Waals surface area contributed by atoms with Crippen molar-refractivity contribution in [2.45, 2.75) is 13.3 Å². The minimum absolute atomic E-state index is 0.277. The molecular formula is C14H16O2. The van der Waals surface area contributed by atoms with Crippen molar-refractivity contribution in [3.8, 4) is 0 Å².